The van der Waals surface area contributed by atoms with Gasteiger partial charge in [0.15, 0.2) is 0 Å². The van der Waals surface area contributed by atoms with Crippen LogP contribution in [0.2, 0.25) is 0 Å². The fourth-order valence-electron chi connectivity index (χ4n) is 4.16. The van der Waals surface area contributed by atoms with Gasteiger partial charge in [0.05, 0.1) is 47.9 Å². The molecule has 0 aliphatic rings. The van der Waals surface area contributed by atoms with Crippen LogP contribution in [0.1, 0.15) is 67.1 Å². The molecule has 6 amide bonds. The Morgan fingerprint density at radius 3 is 0.788 bits per heavy atom. The number of carbonyl (C=O) groups excluding carboxylic acids is 6. The zero-order chi connectivity index (χ0) is 39.1. The minimum Gasteiger partial charge on any atom is -0.396 e. The molecule has 0 saturated heterocycles. The first-order valence-electron chi connectivity index (χ1n) is 15.3. The first kappa shape index (κ1) is 47.6. The Morgan fingerprint density at radius 2 is 0.596 bits per heavy atom. The molecule has 0 aromatic heterocycles. The van der Waals surface area contributed by atoms with Crippen LogP contribution in [0.5, 0.6) is 0 Å². The summed E-state index contributed by atoms with van der Waals surface area (Å²) in [6.45, 7) is -0.143. The number of aliphatic hydroxyl groups excluding tert-OH is 4. The van der Waals surface area contributed by atoms with E-state index in [1.807, 2.05) is 136 Å². The number of hydrogen-bond acceptors (Lipinski definition) is 10. The van der Waals surface area contributed by atoms with Gasteiger partial charge in [-0.3, -0.25) is 28.8 Å². The highest BCUT2D eigenvalue weighted by Crippen LogP contribution is 2.37. The number of amides is 6. The van der Waals surface area contributed by atoms with Gasteiger partial charge in [0.25, 0.3) is 23.6 Å². The Balaban J connectivity index is 2.64. The number of hydrogen-bond donors (Lipinski definition) is 10. The Morgan fingerprint density at radius 1 is 0.385 bits per heavy atom. The van der Waals surface area contributed by atoms with Crippen LogP contribution in [0.15, 0.2) is 0 Å². The minimum absolute atomic E-state index is 0.00119. The van der Waals surface area contributed by atoms with Crippen LogP contribution in [0.4, 0.5) is 11.4 Å². The SMILES string of the molecule is O=C(Nc1c(I)c(C(=O)NCCCO)c(I)c(C(=O)NCCCO)c1I)C(=O)Nc1c(I)c(C(=O)NCCCO)c(I)c(C(=O)NCCCO)c1I. The molecule has 0 aliphatic carbocycles. The summed E-state index contributed by atoms with van der Waals surface area (Å²) in [5.74, 6) is -4.71. The number of benzene rings is 2. The lowest BCUT2D eigenvalue weighted by Crippen LogP contribution is -2.35. The van der Waals surface area contributed by atoms with Gasteiger partial charge >= 0.3 is 11.8 Å². The van der Waals surface area contributed by atoms with E-state index >= 15 is 0 Å². The minimum atomic E-state index is -1.19. The number of rotatable bonds is 18. The summed E-state index contributed by atoms with van der Waals surface area (Å²) in [6, 6.07) is 0. The van der Waals surface area contributed by atoms with E-state index in [9.17, 15) is 28.8 Å². The van der Waals surface area contributed by atoms with Gasteiger partial charge in [0, 0.05) is 59.7 Å². The highest BCUT2D eigenvalue weighted by Gasteiger charge is 2.32. The largest absolute Gasteiger partial charge is 0.396 e. The molecule has 0 bridgehead atoms. The van der Waals surface area contributed by atoms with Crippen molar-refractivity contribution in [2.75, 3.05) is 63.2 Å². The van der Waals surface area contributed by atoms with Gasteiger partial charge in [0.2, 0.25) is 0 Å². The molecule has 0 atom stereocenters. The Hall–Kier alpha value is -0.520. The number of nitrogens with one attached hydrogen (secondary N) is 6. The van der Waals surface area contributed by atoms with E-state index in [1.54, 1.807) is 0 Å². The molecule has 16 nitrogen and oxygen atoms in total. The van der Waals surface area contributed by atoms with Gasteiger partial charge in [-0.1, -0.05) is 0 Å². The van der Waals surface area contributed by atoms with E-state index in [-0.39, 0.29) is 133 Å². The normalized spacial score (nSPS) is 10.7. The van der Waals surface area contributed by atoms with Gasteiger partial charge < -0.3 is 52.3 Å². The first-order chi connectivity index (χ1) is 24.7. The van der Waals surface area contributed by atoms with E-state index in [2.05, 4.69) is 31.9 Å². The second-order valence-electron chi connectivity index (χ2n) is 10.4. The van der Waals surface area contributed by atoms with Crippen molar-refractivity contribution in [3.8, 4) is 0 Å². The van der Waals surface area contributed by atoms with Gasteiger partial charge in [0.1, 0.15) is 0 Å². The lowest BCUT2D eigenvalue weighted by atomic mass is 10.1. The van der Waals surface area contributed by atoms with Crippen molar-refractivity contribution in [3.63, 3.8) is 0 Å². The van der Waals surface area contributed by atoms with Crippen molar-refractivity contribution >= 4 is 182 Å². The van der Waals surface area contributed by atoms with Crippen molar-refractivity contribution in [2.45, 2.75) is 25.7 Å². The highest BCUT2D eigenvalue weighted by atomic mass is 127. The maximum Gasteiger partial charge on any atom is 0.314 e. The fraction of sp³-hybridized carbons (Fsp3) is 0.400. The molecule has 52 heavy (non-hydrogen) atoms. The average Bonchev–Trinajstić information content (AvgIpc) is 3.08. The van der Waals surface area contributed by atoms with E-state index in [0.29, 0.717) is 0 Å². The second kappa shape index (κ2) is 24.2. The van der Waals surface area contributed by atoms with Crippen LogP contribution in [0, 0.1) is 21.4 Å². The van der Waals surface area contributed by atoms with Crippen LogP contribution in [-0.4, -0.2) is 108 Å². The third-order valence-electron chi connectivity index (χ3n) is 6.71. The molecule has 22 heteroatoms. The summed E-state index contributed by atoms with van der Waals surface area (Å²) in [4.78, 5) is 80.4. The molecule has 0 aliphatic heterocycles. The third-order valence-corrected chi connectivity index (χ3v) is 13.2. The summed E-state index contributed by atoms with van der Waals surface area (Å²) in [6.07, 6.45) is 1.09. The van der Waals surface area contributed by atoms with Crippen LogP contribution < -0.4 is 31.9 Å². The molecule has 0 unspecified atom stereocenters. The summed E-state index contributed by atoms with van der Waals surface area (Å²) in [7, 11) is 0. The van der Waals surface area contributed by atoms with Gasteiger partial charge in [-0.15, -0.1) is 0 Å². The topological polar surface area (TPSA) is 256 Å². The van der Waals surface area contributed by atoms with Gasteiger partial charge in [-0.05, 0) is 161 Å². The molecule has 2 rings (SSSR count). The van der Waals surface area contributed by atoms with Crippen LogP contribution in [0.3, 0.4) is 0 Å². The summed E-state index contributed by atoms with van der Waals surface area (Å²) in [5, 5.41) is 52.4. The molecule has 0 heterocycles. The molecule has 0 saturated carbocycles. The van der Waals surface area contributed by atoms with E-state index in [0.717, 1.165) is 0 Å². The summed E-state index contributed by atoms with van der Waals surface area (Å²) in [5.41, 5.74) is 0.217. The second-order valence-corrected chi connectivity index (χ2v) is 16.8. The quantitative estimate of drug-likeness (QED) is 0.0593. The number of halogens is 6. The zero-order valence-corrected chi connectivity index (χ0v) is 39.9. The summed E-state index contributed by atoms with van der Waals surface area (Å²) >= 11 is 11.0. The molecule has 10 N–H and O–H groups in total. The smallest absolute Gasteiger partial charge is 0.314 e. The van der Waals surface area contributed by atoms with Crippen molar-refractivity contribution < 1.29 is 49.2 Å². The number of anilines is 2. The van der Waals surface area contributed by atoms with Crippen molar-refractivity contribution in [2.24, 2.45) is 0 Å². The van der Waals surface area contributed by atoms with Crippen molar-refractivity contribution in [3.05, 3.63) is 43.7 Å². The molecule has 2 aromatic carbocycles. The standard InChI is InChI=1S/C30H34I6N6O10/c31-17-13(25(47)37-5-1-9-43)19(33)23(20(34)14(17)26(48)38-6-2-10-44)41-29(51)30(52)42-24-21(35)15(27(49)39-7-3-11-45)18(32)16(22(24)36)28(50)40-8-4-12-46/h43-46H,1-12H2,(H,37,47)(H,38,48)(H,39,49)(H,40,50)(H,41,51)(H,42,52). The fourth-order valence-corrected chi connectivity index (χ4v) is 13.0. The van der Waals surface area contributed by atoms with Crippen molar-refractivity contribution in [1.82, 2.24) is 21.3 Å². The molecule has 286 valence electrons. The van der Waals surface area contributed by atoms with Crippen LogP contribution in [-0.2, 0) is 9.59 Å². The van der Waals surface area contributed by atoms with Crippen LogP contribution in [0.25, 0.3) is 0 Å². The molecule has 2 aromatic rings. The maximum atomic E-state index is 13.6. The van der Waals surface area contributed by atoms with Gasteiger partial charge in [-0.25, -0.2) is 0 Å². The Labute approximate surface area is 380 Å². The lowest BCUT2D eigenvalue weighted by molar-refractivity contribution is -0.133. The molecule has 0 fully saturated rings. The summed E-state index contributed by atoms with van der Waals surface area (Å²) < 4.78 is 1.45. The average molecular weight is 1400 g/mol. The molecular weight excluding hydrogens is 1370 g/mol. The van der Waals surface area contributed by atoms with Gasteiger partial charge in [-0.2, -0.15) is 0 Å². The monoisotopic (exact) mass is 1400 g/mol. The number of aliphatic hydroxyl groups is 4. The highest BCUT2D eigenvalue weighted by molar-refractivity contribution is 14.1. The number of carbonyl (C=O) groups is 6. The molecule has 0 radical (unpaired) electrons. The predicted octanol–water partition coefficient (Wildman–Crippen LogP) is 2.34. The Kier molecular flexibility index (Phi) is 22.2. The van der Waals surface area contributed by atoms with Crippen LogP contribution >= 0.6 is 136 Å². The lowest BCUT2D eigenvalue weighted by Gasteiger charge is -2.21. The van der Waals surface area contributed by atoms with E-state index < -0.39 is 35.4 Å². The maximum absolute atomic E-state index is 13.6. The first-order valence-corrected chi connectivity index (χ1v) is 21.8. The molecule has 0 spiro atoms. The zero-order valence-electron chi connectivity index (χ0n) is 27.0. The Bertz CT molecular complexity index is 1480. The predicted molar refractivity (Wildman–Crippen MR) is 243 cm³/mol. The molecular formula is C30H34I6N6O10. The van der Waals surface area contributed by atoms with E-state index in [1.165, 1.54) is 0 Å². The third kappa shape index (κ3) is 12.8. The van der Waals surface area contributed by atoms with E-state index in [4.69, 9.17) is 20.4 Å². The van der Waals surface area contributed by atoms with Crippen molar-refractivity contribution in [1.29, 1.82) is 0 Å².